The van der Waals surface area contributed by atoms with Gasteiger partial charge in [-0.05, 0) is 33.4 Å². The molecule has 0 rings (SSSR count). The molecule has 0 spiro atoms. The Morgan fingerprint density at radius 3 is 2.67 bits per heavy atom. The molecular formula is C8H17NO3. The molecule has 0 bridgehead atoms. The Bertz CT molecular complexity index is 117. The molecule has 0 saturated carbocycles. The summed E-state index contributed by atoms with van der Waals surface area (Å²) in [7, 11) is 1.90. The van der Waals surface area contributed by atoms with Crippen LogP contribution in [0.5, 0.6) is 0 Å². The summed E-state index contributed by atoms with van der Waals surface area (Å²) in [5.74, 6) is 0. The monoisotopic (exact) mass is 175 g/mol. The first-order chi connectivity index (χ1) is 5.81. The van der Waals surface area contributed by atoms with Crippen LogP contribution in [-0.4, -0.2) is 33.0 Å². The van der Waals surface area contributed by atoms with Crippen molar-refractivity contribution in [2.45, 2.75) is 19.8 Å². The lowest BCUT2D eigenvalue weighted by atomic mass is 10.3. The molecule has 0 amide bonds. The smallest absolute Gasteiger partial charge is 0.435 e. The Labute approximate surface area is 73.2 Å². The van der Waals surface area contributed by atoms with Crippen molar-refractivity contribution in [1.82, 2.24) is 5.32 Å². The average Bonchev–Trinajstić information content (AvgIpc) is 2.05. The van der Waals surface area contributed by atoms with E-state index in [2.05, 4.69) is 10.1 Å². The van der Waals surface area contributed by atoms with Crippen LogP contribution in [0.25, 0.3) is 0 Å². The summed E-state index contributed by atoms with van der Waals surface area (Å²) in [6, 6.07) is 0. The van der Waals surface area contributed by atoms with Crippen LogP contribution in [-0.2, 0) is 9.47 Å². The number of rotatable bonds is 6. The van der Waals surface area contributed by atoms with Crippen LogP contribution in [0.1, 0.15) is 19.8 Å². The first kappa shape index (κ1) is 11.2. The Morgan fingerprint density at radius 1 is 1.33 bits per heavy atom. The van der Waals surface area contributed by atoms with Gasteiger partial charge in [-0.1, -0.05) is 0 Å². The van der Waals surface area contributed by atoms with Gasteiger partial charge >= 0.3 is 6.16 Å². The predicted molar refractivity (Wildman–Crippen MR) is 46.1 cm³/mol. The minimum absolute atomic E-state index is 0.370. The average molecular weight is 175 g/mol. The molecule has 0 atom stereocenters. The van der Waals surface area contributed by atoms with Gasteiger partial charge in [-0.2, -0.15) is 0 Å². The summed E-state index contributed by atoms with van der Waals surface area (Å²) >= 11 is 0. The lowest BCUT2D eigenvalue weighted by molar-refractivity contribution is 0.0580. The van der Waals surface area contributed by atoms with Crippen LogP contribution in [0.3, 0.4) is 0 Å². The maximum Gasteiger partial charge on any atom is 0.508 e. The maximum absolute atomic E-state index is 10.6. The lowest BCUT2D eigenvalue weighted by Crippen LogP contribution is -2.11. The minimum Gasteiger partial charge on any atom is -0.435 e. The zero-order valence-corrected chi connectivity index (χ0v) is 7.76. The number of nitrogens with one attached hydrogen (secondary N) is 1. The third-order valence-electron chi connectivity index (χ3n) is 1.30. The summed E-state index contributed by atoms with van der Waals surface area (Å²) < 4.78 is 9.31. The highest BCUT2D eigenvalue weighted by Crippen LogP contribution is 1.91. The van der Waals surface area contributed by atoms with Crippen molar-refractivity contribution in [3.63, 3.8) is 0 Å². The van der Waals surface area contributed by atoms with Gasteiger partial charge < -0.3 is 14.8 Å². The number of carbonyl (C=O) groups is 1. The number of hydrogen-bond donors (Lipinski definition) is 1. The SMILES string of the molecule is CCOC(=O)OCCCCNC. The number of unbranched alkanes of at least 4 members (excludes halogenated alkanes) is 1. The second kappa shape index (κ2) is 8.33. The molecule has 4 heteroatoms. The fourth-order valence-corrected chi connectivity index (χ4v) is 0.719. The molecule has 0 aliphatic rings. The van der Waals surface area contributed by atoms with Gasteiger partial charge in [0.1, 0.15) is 0 Å². The minimum atomic E-state index is -0.568. The van der Waals surface area contributed by atoms with E-state index in [1.165, 1.54) is 0 Å². The highest BCUT2D eigenvalue weighted by molar-refractivity contribution is 5.59. The van der Waals surface area contributed by atoms with Gasteiger partial charge in [-0.25, -0.2) is 4.79 Å². The van der Waals surface area contributed by atoms with E-state index >= 15 is 0 Å². The Balaban J connectivity index is 3.03. The molecule has 0 aromatic heterocycles. The van der Waals surface area contributed by atoms with E-state index in [-0.39, 0.29) is 0 Å². The highest BCUT2D eigenvalue weighted by Gasteiger charge is 1.99. The molecule has 1 N–H and O–H groups in total. The van der Waals surface area contributed by atoms with Crippen molar-refractivity contribution < 1.29 is 14.3 Å². The molecule has 0 aromatic carbocycles. The lowest BCUT2D eigenvalue weighted by Gasteiger charge is -2.03. The molecule has 0 aromatic rings. The quantitative estimate of drug-likeness (QED) is 0.486. The number of hydrogen-bond acceptors (Lipinski definition) is 4. The molecule has 0 unspecified atom stereocenters. The zero-order chi connectivity index (χ0) is 9.23. The van der Waals surface area contributed by atoms with E-state index in [9.17, 15) is 4.79 Å². The van der Waals surface area contributed by atoms with E-state index in [0.717, 1.165) is 19.4 Å². The number of ether oxygens (including phenoxy) is 2. The van der Waals surface area contributed by atoms with Crippen molar-refractivity contribution in [1.29, 1.82) is 0 Å². The van der Waals surface area contributed by atoms with Crippen molar-refractivity contribution in [2.24, 2.45) is 0 Å². The molecule has 0 radical (unpaired) electrons. The summed E-state index contributed by atoms with van der Waals surface area (Å²) in [6.45, 7) is 3.52. The van der Waals surface area contributed by atoms with Gasteiger partial charge in [0, 0.05) is 0 Å². The third-order valence-corrected chi connectivity index (χ3v) is 1.30. The second-order valence-electron chi connectivity index (χ2n) is 2.34. The van der Waals surface area contributed by atoms with E-state index in [0.29, 0.717) is 13.2 Å². The fourth-order valence-electron chi connectivity index (χ4n) is 0.719. The highest BCUT2D eigenvalue weighted by atomic mass is 16.7. The van der Waals surface area contributed by atoms with Gasteiger partial charge in [-0.15, -0.1) is 0 Å². The van der Waals surface area contributed by atoms with Crippen molar-refractivity contribution in [3.05, 3.63) is 0 Å². The molecule has 0 heterocycles. The standard InChI is InChI=1S/C8H17NO3/c1-3-11-8(10)12-7-5-4-6-9-2/h9H,3-7H2,1-2H3. The molecular weight excluding hydrogens is 158 g/mol. The van der Waals surface area contributed by atoms with Gasteiger partial charge in [0.05, 0.1) is 13.2 Å². The van der Waals surface area contributed by atoms with Crippen LogP contribution in [0, 0.1) is 0 Å². The molecule has 0 saturated heterocycles. The maximum atomic E-state index is 10.6. The van der Waals surface area contributed by atoms with Crippen molar-refractivity contribution in [2.75, 3.05) is 26.8 Å². The Hall–Kier alpha value is -0.770. The van der Waals surface area contributed by atoms with E-state index < -0.39 is 6.16 Å². The zero-order valence-electron chi connectivity index (χ0n) is 7.76. The fraction of sp³-hybridized carbons (Fsp3) is 0.875. The van der Waals surface area contributed by atoms with Crippen LogP contribution in [0.2, 0.25) is 0 Å². The molecule has 0 aliphatic heterocycles. The van der Waals surface area contributed by atoms with Gasteiger partial charge in [0.2, 0.25) is 0 Å². The van der Waals surface area contributed by atoms with E-state index in [4.69, 9.17) is 4.74 Å². The van der Waals surface area contributed by atoms with Gasteiger partial charge in [-0.3, -0.25) is 0 Å². The number of carbonyl (C=O) groups excluding carboxylic acids is 1. The van der Waals surface area contributed by atoms with Crippen molar-refractivity contribution in [3.8, 4) is 0 Å². The Kier molecular flexibility index (Phi) is 7.79. The van der Waals surface area contributed by atoms with E-state index in [1.54, 1.807) is 6.92 Å². The summed E-state index contributed by atoms with van der Waals surface area (Å²) in [5, 5.41) is 3.01. The third kappa shape index (κ3) is 7.34. The molecule has 72 valence electrons. The topological polar surface area (TPSA) is 47.6 Å². The largest absolute Gasteiger partial charge is 0.508 e. The summed E-state index contributed by atoms with van der Waals surface area (Å²) in [6.07, 6.45) is 1.32. The van der Waals surface area contributed by atoms with Crippen molar-refractivity contribution >= 4 is 6.16 Å². The normalized spacial score (nSPS) is 9.50. The molecule has 0 fully saturated rings. The molecule has 0 aliphatic carbocycles. The van der Waals surface area contributed by atoms with Gasteiger partial charge in [0.25, 0.3) is 0 Å². The predicted octanol–water partition coefficient (Wildman–Crippen LogP) is 1.16. The van der Waals surface area contributed by atoms with Gasteiger partial charge in [0.15, 0.2) is 0 Å². The van der Waals surface area contributed by atoms with Crippen LogP contribution in [0.15, 0.2) is 0 Å². The van der Waals surface area contributed by atoms with Crippen LogP contribution in [0.4, 0.5) is 4.79 Å². The van der Waals surface area contributed by atoms with E-state index in [1.807, 2.05) is 7.05 Å². The van der Waals surface area contributed by atoms with Crippen LogP contribution >= 0.6 is 0 Å². The Morgan fingerprint density at radius 2 is 2.08 bits per heavy atom. The molecule has 12 heavy (non-hydrogen) atoms. The summed E-state index contributed by atoms with van der Waals surface area (Å²) in [5.41, 5.74) is 0. The van der Waals surface area contributed by atoms with Crippen LogP contribution < -0.4 is 5.32 Å². The first-order valence-corrected chi connectivity index (χ1v) is 4.25. The molecule has 4 nitrogen and oxygen atoms in total. The first-order valence-electron chi connectivity index (χ1n) is 4.25. The second-order valence-corrected chi connectivity index (χ2v) is 2.34. The summed E-state index contributed by atoms with van der Waals surface area (Å²) in [4.78, 5) is 10.6.